The predicted molar refractivity (Wildman–Crippen MR) is 335 cm³/mol. The lowest BCUT2D eigenvalue weighted by atomic mass is 10.1. The highest BCUT2D eigenvalue weighted by molar-refractivity contribution is 8.05. The number of nitrogens with one attached hydrogen (secondary N) is 4. The molecule has 4 aromatic rings. The molecule has 9 rings (SSSR count). The van der Waals surface area contributed by atoms with Crippen LogP contribution in [-0.4, -0.2) is 213 Å². The molecule has 5 aliphatic heterocycles. The number of aromatic nitrogens is 8. The number of hydrogen-bond donors (Lipinski definition) is 19. The average molecular weight is 1680 g/mol. The van der Waals surface area contributed by atoms with Crippen molar-refractivity contribution in [3.05, 3.63) is 108 Å². The number of aryl methyl sites for hydroxylation is 4. The Morgan fingerprint density at radius 2 is 0.747 bits per heavy atom. The Hall–Kier alpha value is -2.49. The van der Waals surface area contributed by atoms with E-state index in [9.17, 15) is 107 Å². The van der Waals surface area contributed by atoms with Gasteiger partial charge in [0, 0.05) is 47.0 Å². The van der Waals surface area contributed by atoms with Crippen molar-refractivity contribution in [2.45, 2.75) is 126 Å². The van der Waals surface area contributed by atoms with Crippen molar-refractivity contribution in [2.24, 2.45) is 0 Å². The lowest BCUT2D eigenvalue weighted by Gasteiger charge is -2.27. The van der Waals surface area contributed by atoms with Crippen molar-refractivity contribution in [2.75, 3.05) is 26.4 Å². The summed E-state index contributed by atoms with van der Waals surface area (Å²) in [5.74, 6) is 0. The summed E-state index contributed by atoms with van der Waals surface area (Å²) in [5, 5.41) is 89.1. The molecule has 9 heterocycles. The van der Waals surface area contributed by atoms with Crippen LogP contribution in [0.1, 0.15) is 47.2 Å². The minimum absolute atomic E-state index is 0.0220. The summed E-state index contributed by atoms with van der Waals surface area (Å²) in [5.41, 5.74) is -0.449. The zero-order valence-corrected chi connectivity index (χ0v) is 60.8. The smallest absolute Gasteiger partial charge is 0.394 e. The third-order valence-corrected chi connectivity index (χ3v) is 24.9. The van der Waals surface area contributed by atoms with Gasteiger partial charge in [0.05, 0.1) is 26.4 Å². The van der Waals surface area contributed by atoms with Gasteiger partial charge in [-0.3, -0.25) is 71.0 Å². The average Bonchev–Trinajstić information content (AvgIpc) is 1.33. The van der Waals surface area contributed by atoms with Crippen LogP contribution in [0.3, 0.4) is 0 Å². The third-order valence-electron chi connectivity index (χ3n) is 13.4. The molecule has 0 saturated carbocycles. The van der Waals surface area contributed by atoms with Gasteiger partial charge in [0.15, 0.2) is 44.0 Å². The Balaban J connectivity index is 0.000000212. The van der Waals surface area contributed by atoms with Crippen LogP contribution in [0.25, 0.3) is 0 Å². The van der Waals surface area contributed by atoms with Crippen molar-refractivity contribution < 1.29 is 161 Å². The van der Waals surface area contributed by atoms with E-state index in [1.165, 1.54) is 47.8 Å². The molecule has 59 heteroatoms. The van der Waals surface area contributed by atoms with Crippen molar-refractivity contribution >= 4 is 124 Å². The van der Waals surface area contributed by atoms with Crippen LogP contribution in [0.15, 0.2) is 44.0 Å². The molecule has 0 aromatic carbocycles. The van der Waals surface area contributed by atoms with Crippen LogP contribution in [0.2, 0.25) is 0 Å². The summed E-state index contributed by atoms with van der Waals surface area (Å²) < 4.78 is 139. The molecule has 20 atom stereocenters. The molecular formula is C40H59Cl2N8O38P7S4. The second-order valence-electron chi connectivity index (χ2n) is 20.8. The van der Waals surface area contributed by atoms with Crippen LogP contribution in [0.4, 0.5) is 0 Å². The summed E-state index contributed by atoms with van der Waals surface area (Å²) in [6.07, 6.45) is -19.4. The molecule has 4 aromatic heterocycles. The number of aliphatic hydroxyl groups is 9. The summed E-state index contributed by atoms with van der Waals surface area (Å²) >= 11 is 30.4. The van der Waals surface area contributed by atoms with E-state index in [0.29, 0.717) is 11.1 Å². The van der Waals surface area contributed by atoms with E-state index in [1.807, 2.05) is 0 Å². The fourth-order valence-electron chi connectivity index (χ4n) is 8.77. The molecule has 0 bridgehead atoms. The number of aliphatic hydroxyl groups excluding tert-OH is 9. The number of phosphoric acid groups is 6. The third kappa shape index (κ3) is 22.8. The summed E-state index contributed by atoms with van der Waals surface area (Å²) in [6.45, 7) is 3.42. The summed E-state index contributed by atoms with van der Waals surface area (Å²) in [6, 6.07) is 0. The van der Waals surface area contributed by atoms with Gasteiger partial charge in [0.1, 0.15) is 73.2 Å². The van der Waals surface area contributed by atoms with Crippen LogP contribution in [0.5, 0.6) is 0 Å². The molecule has 5 saturated heterocycles. The normalized spacial score (nSPS) is 33.5. The van der Waals surface area contributed by atoms with E-state index in [1.54, 1.807) is 13.8 Å². The number of hydrogen-bond acceptors (Lipinski definition) is 36. The Morgan fingerprint density at radius 1 is 0.465 bits per heavy atom. The first-order valence-electron chi connectivity index (χ1n) is 26.7. The Kier molecular flexibility index (Phi) is 28.9. The van der Waals surface area contributed by atoms with Crippen molar-refractivity contribution in [1.82, 2.24) is 38.2 Å². The molecule has 0 radical (unpaired) electrons. The highest BCUT2D eigenvalue weighted by Gasteiger charge is 2.56. The fraction of sp³-hybridized carbons (Fsp3) is 0.600. The molecule has 5 aliphatic rings. The summed E-state index contributed by atoms with van der Waals surface area (Å²) in [7, 11) is -32.2. The molecule has 46 nitrogen and oxygen atoms in total. The Morgan fingerprint density at radius 3 is 1.03 bits per heavy atom. The minimum atomic E-state index is -5.71. The second-order valence-corrected chi connectivity index (χ2v) is 36.0. The number of halogens is 2. The standard InChI is InChI=1S/C10H13Cl2N2O6PS.C10H17N2O14P3S.C10H15N2O13P3S.C10H14N2O5S/c1-4-2-14(10(22)13-8(4)17)9-7(16)6(15)5(20-9)3-19-21(11,12)18;1-4-2-12(10(30)11-8(4)15)9-7(14)6(13)5(24-9)3-23-28(19,20)26-29(21,22)25-27(16,17)18;1-4-2-12(10(29)11-8(4)15)9-7(14)6(13)5(22-9)3-21-28(20)24-26(16,17)23-27(18,19)25-28;1-4-2-12(10(18)11-8(4)16)9-7(15)6(14)5(3-13)17-9/h2,5-7,9,15-16H,3H2,1H3,(H,13,17,22);2,5-7,9,13-14H,3H2,1H3,(H,19,20)(H,21,22)(H,11,15,30)(H2,16,17,18);2,5-7,9,13-14H,3H2,1H3,(H,16,17)(H,18,19)(H,11,15,29);2,5-7,9,13-15H,3H2,1H3,(H,11,16,18)/t4*5-,6?,7+,9-/m1111/s1. The van der Waals surface area contributed by atoms with E-state index < -0.39 is 182 Å². The quantitative estimate of drug-likeness (QED) is 0.0448. The van der Waals surface area contributed by atoms with Crippen LogP contribution in [-0.2, 0) is 86.0 Å². The van der Waals surface area contributed by atoms with Crippen molar-refractivity contribution in [3.8, 4) is 0 Å². The maximum absolute atomic E-state index is 12.2. The van der Waals surface area contributed by atoms with E-state index in [0.717, 1.165) is 9.13 Å². The van der Waals surface area contributed by atoms with E-state index in [2.05, 4.69) is 55.1 Å². The molecule has 8 unspecified atom stereocenters. The number of H-pyrrole nitrogens is 4. The van der Waals surface area contributed by atoms with Gasteiger partial charge in [-0.15, -0.1) is 0 Å². The second kappa shape index (κ2) is 33.5. The largest absolute Gasteiger partial charge is 0.492 e. The predicted octanol–water partition coefficient (Wildman–Crippen LogP) is -0.339. The zero-order valence-electron chi connectivity index (χ0n) is 49.8. The first-order valence-corrected chi connectivity index (χ1v) is 40.7. The van der Waals surface area contributed by atoms with Crippen molar-refractivity contribution in [1.29, 1.82) is 0 Å². The molecular weight excluding hydrogens is 1620 g/mol. The number of nitrogens with zero attached hydrogens (tertiary/aromatic N) is 4. The van der Waals surface area contributed by atoms with Gasteiger partial charge >= 0.3 is 53.0 Å². The van der Waals surface area contributed by atoms with Gasteiger partial charge in [0.25, 0.3) is 22.2 Å². The van der Waals surface area contributed by atoms with E-state index in [-0.39, 0.29) is 47.9 Å². The molecule has 0 aliphatic carbocycles. The van der Waals surface area contributed by atoms with Crippen molar-refractivity contribution in [3.63, 3.8) is 0 Å². The van der Waals surface area contributed by atoms with Gasteiger partial charge in [-0.2, -0.15) is 21.6 Å². The first-order chi connectivity index (χ1) is 45.3. The topological polar surface area (TPSA) is 685 Å². The van der Waals surface area contributed by atoms with Gasteiger partial charge in [-0.25, -0.2) is 27.4 Å². The Bertz CT molecular complexity index is 4460. The molecule has 5 fully saturated rings. The monoisotopic (exact) mass is 1670 g/mol. The lowest BCUT2D eigenvalue weighted by molar-refractivity contribution is -0.0542. The molecule has 99 heavy (non-hydrogen) atoms. The fourth-order valence-corrected chi connectivity index (χ4v) is 18.4. The highest BCUT2D eigenvalue weighted by Crippen LogP contribution is 2.80. The molecule has 0 amide bonds. The maximum atomic E-state index is 12.2. The van der Waals surface area contributed by atoms with E-state index >= 15 is 0 Å². The zero-order chi connectivity index (χ0) is 74.9. The van der Waals surface area contributed by atoms with Gasteiger partial charge in [-0.05, 0) is 99.0 Å². The SMILES string of the molecule is Cc1cn([C@@H]2O[C@H](CO)C(O)[C@@H]2O)c(=S)[nH]c1=O.Cc1cn([C@@H]2O[C@H](COP(=O)(Cl)Cl)C(O)[C@@H]2O)c(=S)[nH]c1=O.Cc1cn([C@@H]2O[C@H](COP(=O)(O)OP(=O)(O)OP(=O)(O)O)C(O)[C@@H]2O)c(=S)[nH]c1=O.Cc1cn([C@@H]2O[C@H](COP3(=O)OP(=O)(O)OP(=O)(O)O3)C(O)[C@@H]2O)c(=S)[nH]c1=O. The molecule has 560 valence electrons. The van der Waals surface area contributed by atoms with E-state index in [4.69, 9.17) is 110 Å². The Labute approximate surface area is 580 Å². The molecule has 0 spiro atoms. The van der Waals surface area contributed by atoms with Crippen LogP contribution in [0, 0.1) is 46.8 Å². The highest BCUT2D eigenvalue weighted by atomic mass is 35.9. The van der Waals surface area contributed by atoms with Crippen LogP contribution >= 0.6 is 124 Å². The first kappa shape index (κ1) is 85.4. The number of aromatic amines is 4. The molecule has 19 N–H and O–H groups in total. The lowest BCUT2D eigenvalue weighted by Crippen LogP contribution is -2.34. The maximum Gasteiger partial charge on any atom is 0.492 e. The summed E-state index contributed by atoms with van der Waals surface area (Å²) in [4.78, 5) is 109. The van der Waals surface area contributed by atoms with Gasteiger partial charge in [-0.1, -0.05) is 0 Å². The minimum Gasteiger partial charge on any atom is -0.394 e. The van der Waals surface area contributed by atoms with Gasteiger partial charge < -0.3 is 98.8 Å². The number of rotatable bonds is 18. The van der Waals surface area contributed by atoms with Crippen LogP contribution < -0.4 is 22.2 Å². The van der Waals surface area contributed by atoms with Gasteiger partial charge in [0.2, 0.25) is 0 Å². The number of ether oxygens (including phenoxy) is 4. The number of phosphoric ester groups is 1.